The lowest BCUT2D eigenvalue weighted by Crippen LogP contribution is -2.29. The number of amides is 1. The maximum absolute atomic E-state index is 10.3. The molecule has 0 aromatic rings. The van der Waals surface area contributed by atoms with Crippen molar-refractivity contribution in [2.24, 2.45) is 0 Å². The lowest BCUT2D eigenvalue weighted by molar-refractivity contribution is 0.119. The van der Waals surface area contributed by atoms with Crippen molar-refractivity contribution in [2.45, 2.75) is 26.7 Å². The van der Waals surface area contributed by atoms with Gasteiger partial charge in [-0.15, -0.1) is 0 Å². The first-order valence-corrected chi connectivity index (χ1v) is 3.68. The van der Waals surface area contributed by atoms with Crippen molar-refractivity contribution in [3.63, 3.8) is 0 Å². The molecular formula is C7H14NO2. The van der Waals surface area contributed by atoms with Gasteiger partial charge in [-0.1, -0.05) is 13.8 Å². The molecule has 0 spiro atoms. The first kappa shape index (κ1) is 9.27. The van der Waals surface area contributed by atoms with Crippen LogP contribution in [-0.2, 0) is 5.11 Å². The van der Waals surface area contributed by atoms with Crippen molar-refractivity contribution in [2.75, 3.05) is 13.1 Å². The molecule has 0 saturated carbocycles. The van der Waals surface area contributed by atoms with Crippen molar-refractivity contribution in [1.82, 2.24) is 4.90 Å². The fourth-order valence-corrected chi connectivity index (χ4v) is 0.834. The van der Waals surface area contributed by atoms with Crippen molar-refractivity contribution < 1.29 is 9.90 Å². The largest absolute Gasteiger partial charge is 0.453 e. The zero-order valence-electron chi connectivity index (χ0n) is 6.59. The second kappa shape index (κ2) is 5.09. The zero-order chi connectivity index (χ0) is 7.98. The summed E-state index contributed by atoms with van der Waals surface area (Å²) < 4.78 is 0. The Hall–Kier alpha value is -0.730. The summed E-state index contributed by atoms with van der Waals surface area (Å²) in [4.78, 5) is 11.6. The summed E-state index contributed by atoms with van der Waals surface area (Å²) in [6.45, 7) is 5.09. The maximum atomic E-state index is 10.3. The van der Waals surface area contributed by atoms with Crippen molar-refractivity contribution in [3.8, 4) is 0 Å². The number of rotatable bonds is 4. The Morgan fingerprint density at radius 1 is 1.20 bits per heavy atom. The molecule has 0 rings (SSSR count). The molecule has 0 aromatic carbocycles. The smallest absolute Gasteiger partial charge is 0.305 e. The third-order valence-electron chi connectivity index (χ3n) is 1.25. The highest BCUT2D eigenvalue weighted by Gasteiger charge is 2.09. The minimum absolute atomic E-state index is 0.593. The van der Waals surface area contributed by atoms with Crippen LogP contribution in [0.4, 0.5) is 4.79 Å². The lowest BCUT2D eigenvalue weighted by atomic mass is 10.4. The quantitative estimate of drug-likeness (QED) is 0.591. The van der Waals surface area contributed by atoms with Gasteiger partial charge in [-0.3, -0.25) is 0 Å². The van der Waals surface area contributed by atoms with E-state index < -0.39 is 6.09 Å². The molecule has 1 radical (unpaired) electrons. The van der Waals surface area contributed by atoms with Crippen molar-refractivity contribution in [1.29, 1.82) is 0 Å². The second-order valence-electron chi connectivity index (χ2n) is 2.25. The fourth-order valence-electron chi connectivity index (χ4n) is 0.834. The summed E-state index contributed by atoms with van der Waals surface area (Å²) in [5.74, 6) is 0. The van der Waals surface area contributed by atoms with Crippen LogP contribution in [-0.4, -0.2) is 24.1 Å². The van der Waals surface area contributed by atoms with E-state index in [1.165, 1.54) is 4.90 Å². The van der Waals surface area contributed by atoms with Gasteiger partial charge in [0.1, 0.15) is 0 Å². The summed E-state index contributed by atoms with van der Waals surface area (Å²) in [5.41, 5.74) is 0. The molecule has 10 heavy (non-hydrogen) atoms. The van der Waals surface area contributed by atoms with Crippen molar-refractivity contribution in [3.05, 3.63) is 0 Å². The monoisotopic (exact) mass is 144 g/mol. The molecule has 0 fully saturated rings. The summed E-state index contributed by atoms with van der Waals surface area (Å²) in [7, 11) is 0. The number of carbonyl (C=O) groups is 1. The van der Waals surface area contributed by atoms with E-state index in [-0.39, 0.29) is 0 Å². The van der Waals surface area contributed by atoms with Gasteiger partial charge in [0, 0.05) is 13.1 Å². The standard InChI is InChI=1S/C7H14NO2/c1-3-5-8(6-4-2)7(9)10/h3-6H2,1-2H3. The van der Waals surface area contributed by atoms with Gasteiger partial charge in [-0.2, -0.15) is 0 Å². The molecule has 0 bridgehead atoms. The number of carbonyl (C=O) groups excluding carboxylic acids is 1. The van der Waals surface area contributed by atoms with Crippen LogP contribution in [0.25, 0.3) is 0 Å². The molecule has 3 heteroatoms. The SMILES string of the molecule is CCCN(CCC)C([O])=O. The van der Waals surface area contributed by atoms with Crippen LogP contribution in [0.15, 0.2) is 0 Å². The zero-order valence-corrected chi connectivity index (χ0v) is 6.59. The van der Waals surface area contributed by atoms with Crippen LogP contribution < -0.4 is 0 Å². The van der Waals surface area contributed by atoms with E-state index in [9.17, 15) is 9.90 Å². The number of nitrogens with zero attached hydrogens (tertiary/aromatic N) is 1. The van der Waals surface area contributed by atoms with Crippen LogP contribution in [0.2, 0.25) is 0 Å². The van der Waals surface area contributed by atoms with E-state index >= 15 is 0 Å². The van der Waals surface area contributed by atoms with Gasteiger partial charge in [-0.05, 0) is 12.8 Å². The number of hydrogen-bond donors (Lipinski definition) is 0. The average Bonchev–Trinajstić information content (AvgIpc) is 1.87. The molecule has 0 aliphatic rings. The van der Waals surface area contributed by atoms with Crippen LogP contribution >= 0.6 is 0 Å². The molecule has 1 amide bonds. The highest BCUT2D eigenvalue weighted by molar-refractivity contribution is 5.64. The summed E-state index contributed by atoms with van der Waals surface area (Å²) in [5, 5.41) is 10.3. The molecule has 0 aromatic heterocycles. The van der Waals surface area contributed by atoms with Crippen LogP contribution in [0, 0.1) is 0 Å². The summed E-state index contributed by atoms with van der Waals surface area (Å²) in [6, 6.07) is 0. The first-order valence-electron chi connectivity index (χ1n) is 3.68. The van der Waals surface area contributed by atoms with Gasteiger partial charge in [0.2, 0.25) is 0 Å². The molecule has 0 aliphatic carbocycles. The third-order valence-corrected chi connectivity index (χ3v) is 1.25. The highest BCUT2D eigenvalue weighted by Crippen LogP contribution is 1.93. The minimum atomic E-state index is -1.05. The Bertz CT molecular complexity index is 97.8. The van der Waals surface area contributed by atoms with Gasteiger partial charge < -0.3 is 4.90 Å². The van der Waals surface area contributed by atoms with E-state index in [4.69, 9.17) is 0 Å². The summed E-state index contributed by atoms with van der Waals surface area (Å²) >= 11 is 0. The topological polar surface area (TPSA) is 40.2 Å². The molecule has 0 unspecified atom stereocenters. The average molecular weight is 144 g/mol. The predicted molar refractivity (Wildman–Crippen MR) is 38.2 cm³/mol. The number of hydrogen-bond acceptors (Lipinski definition) is 1. The van der Waals surface area contributed by atoms with Crippen molar-refractivity contribution >= 4 is 6.09 Å². The third kappa shape index (κ3) is 3.33. The molecule has 59 valence electrons. The van der Waals surface area contributed by atoms with Gasteiger partial charge in [0.15, 0.2) is 0 Å². The van der Waals surface area contributed by atoms with E-state index in [2.05, 4.69) is 0 Å². The first-order chi connectivity index (χ1) is 4.72. The molecule has 0 aliphatic heterocycles. The maximum Gasteiger partial charge on any atom is 0.453 e. The molecule has 0 atom stereocenters. The summed E-state index contributed by atoms with van der Waals surface area (Å²) in [6.07, 6.45) is 0.658. The molecule has 0 heterocycles. The predicted octanol–water partition coefficient (Wildman–Crippen LogP) is 1.66. The van der Waals surface area contributed by atoms with E-state index in [1.54, 1.807) is 0 Å². The second-order valence-corrected chi connectivity index (χ2v) is 2.25. The van der Waals surface area contributed by atoms with Crippen LogP contribution in [0.1, 0.15) is 26.7 Å². The van der Waals surface area contributed by atoms with E-state index in [1.807, 2.05) is 13.8 Å². The lowest BCUT2D eigenvalue weighted by Gasteiger charge is -2.14. The molecular weight excluding hydrogens is 130 g/mol. The fraction of sp³-hybridized carbons (Fsp3) is 0.857. The van der Waals surface area contributed by atoms with E-state index in [0.717, 1.165) is 12.8 Å². The Kier molecular flexibility index (Phi) is 4.72. The molecule has 0 N–H and O–H groups in total. The van der Waals surface area contributed by atoms with Gasteiger partial charge in [0.05, 0.1) is 0 Å². The van der Waals surface area contributed by atoms with Gasteiger partial charge in [-0.25, -0.2) is 9.90 Å². The Morgan fingerprint density at radius 2 is 1.60 bits per heavy atom. The molecule has 0 saturated heterocycles. The Morgan fingerprint density at radius 3 is 1.80 bits per heavy atom. The van der Waals surface area contributed by atoms with Crippen LogP contribution in [0.3, 0.4) is 0 Å². The highest BCUT2D eigenvalue weighted by atomic mass is 16.4. The normalized spacial score (nSPS) is 9.40. The minimum Gasteiger partial charge on any atom is -0.305 e. The Balaban J connectivity index is 3.61. The van der Waals surface area contributed by atoms with E-state index in [0.29, 0.717) is 13.1 Å². The molecule has 3 nitrogen and oxygen atoms in total. The van der Waals surface area contributed by atoms with Gasteiger partial charge in [0.25, 0.3) is 0 Å². The van der Waals surface area contributed by atoms with Gasteiger partial charge >= 0.3 is 6.09 Å². The Labute approximate surface area is 61.6 Å². The van der Waals surface area contributed by atoms with Crippen LogP contribution in [0.5, 0.6) is 0 Å².